The van der Waals surface area contributed by atoms with Crippen molar-refractivity contribution in [3.63, 3.8) is 0 Å². The molecule has 0 aromatic heterocycles. The number of hydrogen-bond donors (Lipinski definition) is 0. The third kappa shape index (κ3) is 5.33. The van der Waals surface area contributed by atoms with Crippen molar-refractivity contribution in [3.8, 4) is 0 Å². The Bertz CT molecular complexity index is 1460. The van der Waals surface area contributed by atoms with Gasteiger partial charge in [0, 0.05) is 0 Å². The van der Waals surface area contributed by atoms with E-state index in [0.29, 0.717) is 0 Å². The Morgan fingerprint density at radius 2 is 0.658 bits per heavy atom. The van der Waals surface area contributed by atoms with E-state index in [2.05, 4.69) is 164 Å². The average Bonchev–Trinajstić information content (AvgIpc) is 2.90. The summed E-state index contributed by atoms with van der Waals surface area (Å²) in [6.45, 7) is 0. The third-order valence-corrected chi connectivity index (χ3v) is 7.24. The van der Waals surface area contributed by atoms with Gasteiger partial charge >= 0.3 is 0 Å². The van der Waals surface area contributed by atoms with Crippen LogP contribution in [0.5, 0.6) is 0 Å². The van der Waals surface area contributed by atoms with Crippen LogP contribution in [-0.2, 0) is 0 Å². The van der Waals surface area contributed by atoms with Crippen LogP contribution in [0.1, 0.15) is 22.3 Å². The largest absolute Gasteiger partial charge is 0.298 e. The first-order valence-corrected chi connectivity index (χ1v) is 13.2. The Labute approximate surface area is 227 Å². The maximum Gasteiger partial charge on any atom is 0.132 e. The smallest absolute Gasteiger partial charge is 0.132 e. The highest BCUT2D eigenvalue weighted by Gasteiger charge is 2.13. The minimum absolute atomic E-state index is 0.814. The normalized spacial score (nSPS) is 12.8. The maximum atomic E-state index is 2.28. The van der Waals surface area contributed by atoms with Crippen molar-refractivity contribution in [2.45, 2.75) is 0 Å². The van der Waals surface area contributed by atoms with Crippen molar-refractivity contribution in [2.24, 2.45) is 0 Å². The fourth-order valence-electron chi connectivity index (χ4n) is 4.98. The predicted molar refractivity (Wildman–Crippen MR) is 171 cm³/mol. The van der Waals surface area contributed by atoms with Crippen molar-refractivity contribution >= 4 is 57.2 Å². The molecule has 0 bridgehead atoms. The van der Waals surface area contributed by atoms with Crippen molar-refractivity contribution < 1.29 is 0 Å². The summed E-state index contributed by atoms with van der Waals surface area (Å²) in [7, 11) is 13.2. The lowest BCUT2D eigenvalue weighted by Gasteiger charge is -2.23. The molecule has 5 aromatic carbocycles. The van der Waals surface area contributed by atoms with Gasteiger partial charge in [-0.1, -0.05) is 72.8 Å². The van der Waals surface area contributed by atoms with E-state index in [-0.39, 0.29) is 0 Å². The molecule has 0 aliphatic carbocycles. The van der Waals surface area contributed by atoms with Gasteiger partial charge in [-0.2, -0.15) is 0 Å². The molecular weight excluding hydrogens is 460 g/mol. The molecule has 0 amide bonds. The molecule has 0 spiro atoms. The summed E-state index contributed by atoms with van der Waals surface area (Å²) < 4.78 is 1.63. The number of quaternary nitrogens is 2. The highest BCUT2D eigenvalue weighted by atomic mass is 15.3. The van der Waals surface area contributed by atoms with Crippen LogP contribution < -0.4 is 8.97 Å². The van der Waals surface area contributed by atoms with E-state index in [1.54, 1.807) is 0 Å². The first kappa shape index (κ1) is 25.7. The Balaban J connectivity index is 1.59. The highest BCUT2D eigenvalue weighted by molar-refractivity contribution is 6.14. The molecule has 190 valence electrons. The number of rotatable bonds is 6. The van der Waals surface area contributed by atoms with Crippen LogP contribution >= 0.6 is 0 Å². The number of fused-ring (bicyclic) bond motifs is 2. The second kappa shape index (κ2) is 10.1. The molecule has 0 aliphatic rings. The van der Waals surface area contributed by atoms with Gasteiger partial charge in [-0.25, -0.2) is 0 Å². The number of benzene rings is 5. The monoisotopic (exact) mass is 498 g/mol. The van der Waals surface area contributed by atoms with Gasteiger partial charge in [0.1, 0.15) is 11.4 Å². The fraction of sp³-hybridized carbons (Fsp3) is 0.167. The summed E-state index contributed by atoms with van der Waals surface area (Å²) in [6.07, 6.45) is 9.03. The van der Waals surface area contributed by atoms with Crippen molar-refractivity contribution in [1.82, 2.24) is 8.97 Å². The zero-order valence-electron chi connectivity index (χ0n) is 23.4. The molecule has 2 heteroatoms. The van der Waals surface area contributed by atoms with Gasteiger partial charge in [-0.15, -0.1) is 0 Å². The molecule has 0 saturated heterocycles. The Hall–Kier alpha value is -3.98. The van der Waals surface area contributed by atoms with E-state index >= 15 is 0 Å². The molecule has 5 rings (SSSR count). The van der Waals surface area contributed by atoms with E-state index < -0.39 is 0 Å². The van der Waals surface area contributed by atoms with E-state index in [1.807, 2.05) is 0 Å². The van der Waals surface area contributed by atoms with Gasteiger partial charge in [0.15, 0.2) is 0 Å². The van der Waals surface area contributed by atoms with Crippen LogP contribution in [0.15, 0.2) is 97.1 Å². The van der Waals surface area contributed by atoms with Crippen LogP contribution in [0.25, 0.3) is 45.8 Å². The van der Waals surface area contributed by atoms with E-state index in [9.17, 15) is 0 Å². The van der Waals surface area contributed by atoms with E-state index in [1.165, 1.54) is 55.2 Å². The SMILES string of the molecule is C[N+](C)(C)c1ccc(/C=C/c2c3ccccc3c(/C=C/c3ccc([N+](C)(C)C)cc3)c3ccccc23)cc1. The van der Waals surface area contributed by atoms with Crippen LogP contribution in [0, 0.1) is 0 Å². The maximum absolute atomic E-state index is 2.28. The van der Waals surface area contributed by atoms with Crippen LogP contribution in [0.3, 0.4) is 0 Å². The summed E-state index contributed by atoms with van der Waals surface area (Å²) in [5.74, 6) is 0. The Morgan fingerprint density at radius 1 is 0.368 bits per heavy atom. The lowest BCUT2D eigenvalue weighted by Crippen LogP contribution is -2.34. The summed E-state index contributed by atoms with van der Waals surface area (Å²) in [5.41, 5.74) is 7.52. The van der Waals surface area contributed by atoms with Crippen LogP contribution in [-0.4, -0.2) is 42.3 Å². The molecule has 0 heterocycles. The minimum Gasteiger partial charge on any atom is -0.298 e. The standard InChI is InChI=1S/C36H38N2/c1-37(2,3)29-21-15-27(16-22-29)19-25-35-31-11-7-9-13-33(31)36(34-14-10-8-12-32(34)35)26-20-28-17-23-30(24-18-28)38(4,5)6/h7-26H,1-6H3/q+2/b25-19+,26-20+. The first-order valence-electron chi connectivity index (χ1n) is 13.2. The van der Waals surface area contributed by atoms with Gasteiger partial charge in [-0.3, -0.25) is 8.97 Å². The molecule has 5 aromatic rings. The lowest BCUT2D eigenvalue weighted by molar-refractivity contribution is 0.486. The predicted octanol–water partition coefficient (Wildman–Crippen LogP) is 8.73. The average molecular weight is 499 g/mol. The quantitative estimate of drug-likeness (QED) is 0.125. The Kier molecular flexibility index (Phi) is 6.79. The number of hydrogen-bond acceptors (Lipinski definition) is 0. The van der Waals surface area contributed by atoms with Crippen LogP contribution in [0.2, 0.25) is 0 Å². The molecule has 0 saturated carbocycles. The molecule has 2 nitrogen and oxygen atoms in total. The second-order valence-electron chi connectivity index (χ2n) is 11.8. The molecule has 0 unspecified atom stereocenters. The summed E-state index contributed by atoms with van der Waals surface area (Å²) in [6, 6.07) is 35.3. The van der Waals surface area contributed by atoms with E-state index in [0.717, 1.165) is 8.97 Å². The molecule has 0 aliphatic heterocycles. The van der Waals surface area contributed by atoms with Crippen molar-refractivity contribution in [2.75, 3.05) is 42.3 Å². The van der Waals surface area contributed by atoms with E-state index in [4.69, 9.17) is 0 Å². The van der Waals surface area contributed by atoms with Crippen LogP contribution in [0.4, 0.5) is 11.4 Å². The molecule has 0 fully saturated rings. The van der Waals surface area contributed by atoms with Gasteiger partial charge in [0.25, 0.3) is 0 Å². The van der Waals surface area contributed by atoms with Gasteiger partial charge in [0.05, 0.1) is 42.3 Å². The molecule has 0 radical (unpaired) electrons. The molecule has 0 N–H and O–H groups in total. The first-order chi connectivity index (χ1) is 18.1. The van der Waals surface area contributed by atoms with Gasteiger partial charge < -0.3 is 0 Å². The number of nitrogens with zero attached hydrogens (tertiary/aromatic N) is 2. The van der Waals surface area contributed by atoms with Crippen molar-refractivity contribution in [1.29, 1.82) is 0 Å². The summed E-state index contributed by atoms with van der Waals surface area (Å²) in [5, 5.41) is 5.08. The summed E-state index contributed by atoms with van der Waals surface area (Å²) in [4.78, 5) is 0. The third-order valence-electron chi connectivity index (χ3n) is 7.24. The summed E-state index contributed by atoms with van der Waals surface area (Å²) >= 11 is 0. The highest BCUT2D eigenvalue weighted by Crippen LogP contribution is 2.35. The zero-order chi connectivity index (χ0) is 26.9. The van der Waals surface area contributed by atoms with Gasteiger partial charge in [0.2, 0.25) is 0 Å². The molecular formula is C36H38N2+2. The van der Waals surface area contributed by atoms with Crippen molar-refractivity contribution in [3.05, 3.63) is 119 Å². The fourth-order valence-corrected chi connectivity index (χ4v) is 4.98. The molecule has 38 heavy (non-hydrogen) atoms. The lowest BCUT2D eigenvalue weighted by atomic mass is 9.91. The topological polar surface area (TPSA) is 0 Å². The second-order valence-corrected chi connectivity index (χ2v) is 11.8. The minimum atomic E-state index is 0.814. The molecule has 0 atom stereocenters. The zero-order valence-corrected chi connectivity index (χ0v) is 23.4. The van der Waals surface area contributed by atoms with Gasteiger partial charge in [-0.05, 0) is 92.3 Å². The Morgan fingerprint density at radius 3 is 0.921 bits per heavy atom.